The van der Waals surface area contributed by atoms with Crippen LogP contribution in [0, 0.1) is 12.8 Å². The fourth-order valence-electron chi connectivity index (χ4n) is 5.62. The van der Waals surface area contributed by atoms with E-state index in [9.17, 15) is 4.79 Å². The van der Waals surface area contributed by atoms with Crippen LogP contribution in [-0.4, -0.2) is 23.2 Å². The van der Waals surface area contributed by atoms with Gasteiger partial charge < -0.3 is 27.5 Å². The molecular weight excluding hydrogens is 466 g/mol. The van der Waals surface area contributed by atoms with Crippen LogP contribution in [-0.2, 0) is 21.5 Å². The molecule has 1 saturated carbocycles. The van der Waals surface area contributed by atoms with Crippen LogP contribution in [0.2, 0.25) is 0 Å². The van der Waals surface area contributed by atoms with Crippen molar-refractivity contribution in [3.63, 3.8) is 0 Å². The number of hydrogen-bond acceptors (Lipinski definition) is 2. The number of aromatic nitrogens is 2. The van der Waals surface area contributed by atoms with Crippen LogP contribution in [0.1, 0.15) is 42.3 Å². The van der Waals surface area contributed by atoms with Gasteiger partial charge in [-0.05, 0) is 36.3 Å². The molecule has 3 atom stereocenters. The molecule has 1 aliphatic heterocycles. The molecule has 168 valence electrons. The van der Waals surface area contributed by atoms with Gasteiger partial charge in [-0.3, -0.25) is 4.79 Å². The normalized spacial score (nSPS) is 22.3. The number of primary amides is 1. The predicted octanol–water partition coefficient (Wildman–Crippen LogP) is 0.300. The number of rotatable bonds is 7. The minimum absolute atomic E-state index is 0. The Morgan fingerprint density at radius 2 is 1.69 bits per heavy atom. The van der Waals surface area contributed by atoms with Gasteiger partial charge in [0.15, 0.2) is 0 Å². The maximum Gasteiger partial charge on any atom is 0.253 e. The molecule has 1 unspecified atom stereocenters. The molecule has 2 aliphatic rings. The zero-order valence-electron chi connectivity index (χ0n) is 18.4. The number of nitrogens with zero attached hydrogens (tertiary/aromatic N) is 2. The van der Waals surface area contributed by atoms with E-state index >= 15 is 0 Å². The zero-order valence-corrected chi connectivity index (χ0v) is 19.9. The van der Waals surface area contributed by atoms with Crippen molar-refractivity contribution >= 4 is 5.91 Å². The van der Waals surface area contributed by atoms with Crippen LogP contribution in [0.15, 0.2) is 73.1 Å². The second-order valence-electron chi connectivity index (χ2n) is 8.93. The van der Waals surface area contributed by atoms with Crippen LogP contribution in [0.3, 0.4) is 0 Å². The van der Waals surface area contributed by atoms with Crippen molar-refractivity contribution in [1.82, 2.24) is 4.57 Å². The highest BCUT2D eigenvalue weighted by molar-refractivity contribution is 5.91. The molecule has 32 heavy (non-hydrogen) atoms. The van der Waals surface area contributed by atoms with E-state index in [-0.39, 0.29) is 28.8 Å². The summed E-state index contributed by atoms with van der Waals surface area (Å²) in [4.78, 5) is 13.2. The van der Waals surface area contributed by atoms with Gasteiger partial charge in [0, 0.05) is 6.92 Å². The first-order chi connectivity index (χ1) is 15.1. The summed E-state index contributed by atoms with van der Waals surface area (Å²) in [6.07, 6.45) is 7.61. The van der Waals surface area contributed by atoms with Crippen molar-refractivity contribution in [3.8, 4) is 0 Å². The van der Waals surface area contributed by atoms with Gasteiger partial charge in [-0.25, -0.2) is 9.13 Å². The van der Waals surface area contributed by atoms with E-state index in [1.165, 1.54) is 5.82 Å². The van der Waals surface area contributed by atoms with Gasteiger partial charge in [0.2, 0.25) is 5.91 Å². The average Bonchev–Trinajstić information content (AvgIpc) is 3.36. The molecule has 5 nitrogen and oxygen atoms in total. The van der Waals surface area contributed by atoms with Gasteiger partial charge in [-0.1, -0.05) is 60.7 Å². The Balaban J connectivity index is 0.00000245. The van der Waals surface area contributed by atoms with Crippen LogP contribution < -0.4 is 27.3 Å². The Bertz CT molecular complexity index is 1020. The smallest absolute Gasteiger partial charge is 0.253 e. The maximum atomic E-state index is 13.2. The van der Waals surface area contributed by atoms with E-state index in [0.717, 1.165) is 43.5 Å². The SMILES string of the molecule is Cc1n(CC2CO2)cc[n+]1[C@H]1CC[C@H](C(C(N)=O)(c2ccccc2)c2ccccc2)C1.[Br-]. The van der Waals surface area contributed by atoms with Gasteiger partial charge in [0.25, 0.3) is 5.82 Å². The number of halogens is 1. The molecule has 0 radical (unpaired) electrons. The van der Waals surface area contributed by atoms with Gasteiger partial charge in [0.05, 0.1) is 6.61 Å². The number of epoxide rings is 1. The van der Waals surface area contributed by atoms with Crippen LogP contribution >= 0.6 is 0 Å². The van der Waals surface area contributed by atoms with Crippen molar-refractivity contribution in [2.45, 2.75) is 50.3 Å². The summed E-state index contributed by atoms with van der Waals surface area (Å²) >= 11 is 0. The highest BCUT2D eigenvalue weighted by Crippen LogP contribution is 2.48. The number of imidazole rings is 1. The largest absolute Gasteiger partial charge is 1.00 e. The quantitative estimate of drug-likeness (QED) is 0.378. The lowest BCUT2D eigenvalue weighted by atomic mass is 9.64. The van der Waals surface area contributed by atoms with E-state index in [4.69, 9.17) is 10.5 Å². The number of benzene rings is 2. The summed E-state index contributed by atoms with van der Waals surface area (Å²) in [6.45, 7) is 3.94. The minimum Gasteiger partial charge on any atom is -1.00 e. The van der Waals surface area contributed by atoms with Gasteiger partial charge in [-0.2, -0.15) is 0 Å². The minimum atomic E-state index is -0.823. The third kappa shape index (κ3) is 3.90. The number of carbonyl (C=O) groups excluding carboxylic acids is 1. The van der Waals surface area contributed by atoms with E-state index in [2.05, 4.69) is 52.7 Å². The van der Waals surface area contributed by atoms with Crippen LogP contribution in [0.5, 0.6) is 0 Å². The molecule has 2 fully saturated rings. The molecule has 3 aromatic rings. The van der Waals surface area contributed by atoms with Crippen molar-refractivity contribution in [1.29, 1.82) is 0 Å². The Morgan fingerprint density at radius 1 is 1.09 bits per heavy atom. The Hall–Kier alpha value is -2.44. The zero-order chi connectivity index (χ0) is 21.4. The molecule has 6 heteroatoms. The van der Waals surface area contributed by atoms with Crippen molar-refractivity contribution in [2.75, 3.05) is 6.61 Å². The topological polar surface area (TPSA) is 64.4 Å². The number of nitrogens with two attached hydrogens (primary N) is 1. The summed E-state index contributed by atoms with van der Waals surface area (Å²) in [5.74, 6) is 1.12. The molecule has 1 aliphatic carbocycles. The summed E-state index contributed by atoms with van der Waals surface area (Å²) in [7, 11) is 0. The van der Waals surface area contributed by atoms with E-state index in [1.54, 1.807) is 0 Å². The molecule has 0 bridgehead atoms. The first kappa shape index (κ1) is 22.7. The number of ether oxygens (including phenoxy) is 1. The summed E-state index contributed by atoms with van der Waals surface area (Å²) < 4.78 is 10.1. The first-order valence-corrected chi connectivity index (χ1v) is 11.2. The Kier molecular flexibility index (Phi) is 6.54. The monoisotopic (exact) mass is 495 g/mol. The molecule has 1 aromatic heterocycles. The molecule has 2 heterocycles. The standard InChI is InChI=1S/C26H29N3O2.BrH/c1-19-28(17-24-18-31-24)14-15-29(19)23-13-12-22(16-23)26(25(27)30,20-8-4-2-5-9-20)21-10-6-3-7-11-21;/h2-11,14-15,22-24H,12-13,16-18H2,1H3,(H-,27,30);1H/t22-,23-,24?;/m0./s1. The Labute approximate surface area is 200 Å². The second kappa shape index (κ2) is 9.20. The summed E-state index contributed by atoms with van der Waals surface area (Å²) in [5.41, 5.74) is 7.39. The third-order valence-corrected chi connectivity index (χ3v) is 7.26. The highest BCUT2D eigenvalue weighted by atomic mass is 79.9. The fraction of sp³-hybridized carbons (Fsp3) is 0.385. The molecule has 1 saturated heterocycles. The summed E-state index contributed by atoms with van der Waals surface area (Å²) in [5, 5.41) is 0. The lowest BCUT2D eigenvalue weighted by Crippen LogP contribution is -3.00. The lowest BCUT2D eigenvalue weighted by Gasteiger charge is -2.37. The molecule has 2 aromatic carbocycles. The molecule has 5 rings (SSSR count). The molecule has 2 N–H and O–H groups in total. The Morgan fingerprint density at radius 3 is 2.22 bits per heavy atom. The van der Waals surface area contributed by atoms with Gasteiger partial charge in [0.1, 0.15) is 36.5 Å². The number of hydrogen-bond donors (Lipinski definition) is 1. The predicted molar refractivity (Wildman–Crippen MR) is 118 cm³/mol. The highest BCUT2D eigenvalue weighted by Gasteiger charge is 2.51. The van der Waals surface area contributed by atoms with Crippen LogP contribution in [0.4, 0.5) is 0 Å². The molecular formula is C26H30BrN3O2. The third-order valence-electron chi connectivity index (χ3n) is 7.26. The van der Waals surface area contributed by atoms with Crippen LogP contribution in [0.25, 0.3) is 0 Å². The maximum absolute atomic E-state index is 13.2. The second-order valence-corrected chi connectivity index (χ2v) is 8.93. The lowest BCUT2D eigenvalue weighted by molar-refractivity contribution is -0.727. The summed E-state index contributed by atoms with van der Waals surface area (Å²) in [6, 6.07) is 20.5. The number of amides is 1. The molecule has 1 amide bonds. The average molecular weight is 496 g/mol. The van der Waals surface area contributed by atoms with Crippen molar-refractivity contribution in [2.24, 2.45) is 11.7 Å². The van der Waals surface area contributed by atoms with Crippen molar-refractivity contribution < 1.29 is 31.1 Å². The first-order valence-electron chi connectivity index (χ1n) is 11.2. The molecule has 0 spiro atoms. The number of carbonyl (C=O) groups is 1. The van der Waals surface area contributed by atoms with Gasteiger partial charge >= 0.3 is 0 Å². The van der Waals surface area contributed by atoms with E-state index < -0.39 is 5.41 Å². The van der Waals surface area contributed by atoms with Crippen molar-refractivity contribution in [3.05, 3.63) is 90.0 Å². The van der Waals surface area contributed by atoms with Gasteiger partial charge in [-0.15, -0.1) is 0 Å². The van der Waals surface area contributed by atoms with E-state index in [0.29, 0.717) is 12.1 Å². The fourth-order valence-corrected chi connectivity index (χ4v) is 5.62. The van der Waals surface area contributed by atoms with E-state index in [1.807, 2.05) is 36.4 Å².